The monoisotopic (exact) mass is 420 g/mol. The maximum Gasteiger partial charge on any atom is 0.341 e. The Morgan fingerprint density at radius 3 is 2.74 bits per heavy atom. The van der Waals surface area contributed by atoms with Gasteiger partial charge in [-0.25, -0.2) is 4.79 Å². The molecule has 1 atom stereocenters. The molecule has 1 aromatic rings. The lowest BCUT2D eigenvalue weighted by atomic mass is 9.90. The summed E-state index contributed by atoms with van der Waals surface area (Å²) in [5.74, 6) is 0.433. The molecule has 0 bridgehead atoms. The van der Waals surface area contributed by atoms with E-state index in [1.165, 1.54) is 13.2 Å². The molecular formula is C18H26Cl2N2O5. The maximum absolute atomic E-state index is 12.0. The lowest BCUT2D eigenvalue weighted by molar-refractivity contribution is 0.0192. The number of methoxy groups -OCH3 is 1. The van der Waals surface area contributed by atoms with E-state index in [0.29, 0.717) is 24.0 Å². The van der Waals surface area contributed by atoms with Crippen LogP contribution in [0.5, 0.6) is 11.5 Å². The molecule has 0 radical (unpaired) electrons. The van der Waals surface area contributed by atoms with E-state index in [0.717, 1.165) is 38.9 Å². The van der Waals surface area contributed by atoms with Crippen LogP contribution >= 0.6 is 24.0 Å². The first kappa shape index (κ1) is 21.9. The molecule has 0 aliphatic carbocycles. The molecule has 2 aliphatic rings. The van der Waals surface area contributed by atoms with Crippen LogP contribution in [0, 0.1) is 5.92 Å². The van der Waals surface area contributed by atoms with Gasteiger partial charge in [0.25, 0.3) is 0 Å². The topological polar surface area (TPSA) is 94.2 Å². The summed E-state index contributed by atoms with van der Waals surface area (Å²) in [5, 5.41) is 9.20. The van der Waals surface area contributed by atoms with E-state index in [4.69, 9.17) is 36.7 Å². The largest absolute Gasteiger partial charge is 0.485 e. The van der Waals surface area contributed by atoms with E-state index in [9.17, 15) is 4.79 Å². The number of anilines is 1. The van der Waals surface area contributed by atoms with Gasteiger partial charge in [-0.2, -0.15) is 0 Å². The molecule has 2 aliphatic heterocycles. The predicted octanol–water partition coefficient (Wildman–Crippen LogP) is 2.36. The Bertz CT molecular complexity index is 666. The van der Waals surface area contributed by atoms with E-state index >= 15 is 0 Å². The van der Waals surface area contributed by atoms with Gasteiger partial charge in [0, 0.05) is 19.1 Å². The number of nitrogens with zero attached hydrogens (tertiary/aromatic N) is 1. The minimum Gasteiger partial charge on any atom is -0.485 e. The number of nitrogen functional groups attached to an aromatic ring is 1. The average Bonchev–Trinajstić information content (AvgIpc) is 2.68. The normalized spacial score (nSPS) is 20.0. The van der Waals surface area contributed by atoms with Crippen molar-refractivity contribution in [1.82, 2.24) is 4.90 Å². The van der Waals surface area contributed by atoms with Crippen LogP contribution < -0.4 is 15.2 Å². The molecule has 9 heteroatoms. The number of carbonyl (C=O) groups excluding carboxylic acids is 1. The van der Waals surface area contributed by atoms with Crippen LogP contribution in [0.1, 0.15) is 29.6 Å². The highest BCUT2D eigenvalue weighted by Crippen LogP contribution is 2.45. The third-order valence-corrected chi connectivity index (χ3v) is 5.39. The van der Waals surface area contributed by atoms with Crippen LogP contribution in [-0.2, 0) is 4.74 Å². The van der Waals surface area contributed by atoms with Crippen molar-refractivity contribution >= 4 is 35.7 Å². The average molecular weight is 421 g/mol. The lowest BCUT2D eigenvalue weighted by Crippen LogP contribution is -2.43. The van der Waals surface area contributed by atoms with Crippen LogP contribution in [0.25, 0.3) is 0 Å². The zero-order valence-corrected chi connectivity index (χ0v) is 16.9. The summed E-state index contributed by atoms with van der Waals surface area (Å²) in [5.41, 5.74) is 6.56. The van der Waals surface area contributed by atoms with Gasteiger partial charge in [0.05, 0.1) is 17.8 Å². The molecule has 7 nitrogen and oxygen atoms in total. The zero-order valence-electron chi connectivity index (χ0n) is 15.3. The Hall–Kier alpha value is -1.41. The van der Waals surface area contributed by atoms with Crippen LogP contribution in [0.3, 0.4) is 0 Å². The van der Waals surface area contributed by atoms with E-state index in [1.807, 2.05) is 0 Å². The van der Waals surface area contributed by atoms with Gasteiger partial charge in [-0.3, -0.25) is 0 Å². The number of aliphatic hydroxyl groups excluding tert-OH is 1. The second kappa shape index (κ2) is 9.68. The zero-order chi connectivity index (χ0) is 18.7. The van der Waals surface area contributed by atoms with Crippen LogP contribution in [0.4, 0.5) is 5.69 Å². The Morgan fingerprint density at radius 1 is 1.41 bits per heavy atom. The van der Waals surface area contributed by atoms with Crippen LogP contribution in [-0.4, -0.2) is 62.0 Å². The third kappa shape index (κ3) is 4.71. The second-order valence-electron chi connectivity index (χ2n) is 6.69. The fourth-order valence-electron chi connectivity index (χ4n) is 3.57. The van der Waals surface area contributed by atoms with Crippen molar-refractivity contribution in [1.29, 1.82) is 0 Å². The number of fused-ring (bicyclic) bond motifs is 1. The summed E-state index contributed by atoms with van der Waals surface area (Å²) in [6, 6.07) is 1.45. The number of carbonyl (C=O) groups is 1. The number of halogens is 2. The van der Waals surface area contributed by atoms with E-state index in [-0.39, 0.29) is 41.4 Å². The summed E-state index contributed by atoms with van der Waals surface area (Å²) in [6.07, 6.45) is 2.64. The molecule has 1 fully saturated rings. The summed E-state index contributed by atoms with van der Waals surface area (Å²) >= 11 is 6.16. The number of nitrogens with two attached hydrogens (primary N) is 1. The number of esters is 1. The number of benzene rings is 1. The molecule has 152 valence electrons. The van der Waals surface area contributed by atoms with E-state index < -0.39 is 5.97 Å². The van der Waals surface area contributed by atoms with E-state index in [1.54, 1.807) is 0 Å². The fourth-order valence-corrected chi connectivity index (χ4v) is 3.77. The highest BCUT2D eigenvalue weighted by Gasteiger charge is 2.35. The Balaban J connectivity index is 0.00000261. The van der Waals surface area contributed by atoms with Crippen molar-refractivity contribution in [2.75, 3.05) is 45.7 Å². The highest BCUT2D eigenvalue weighted by atomic mass is 35.5. The maximum atomic E-state index is 12.0. The molecule has 3 rings (SSSR count). The number of piperidine rings is 1. The molecule has 2 heterocycles. The van der Waals surface area contributed by atoms with Gasteiger partial charge in [0.1, 0.15) is 18.3 Å². The first-order valence-corrected chi connectivity index (χ1v) is 9.26. The van der Waals surface area contributed by atoms with Crippen molar-refractivity contribution in [3.63, 3.8) is 0 Å². The van der Waals surface area contributed by atoms with Crippen molar-refractivity contribution in [2.45, 2.75) is 25.4 Å². The number of ether oxygens (including phenoxy) is 3. The van der Waals surface area contributed by atoms with Crippen LogP contribution in [0.2, 0.25) is 5.02 Å². The quantitative estimate of drug-likeness (QED) is 0.557. The van der Waals surface area contributed by atoms with Gasteiger partial charge in [0.2, 0.25) is 0 Å². The minimum atomic E-state index is -0.539. The molecular weight excluding hydrogens is 395 g/mol. The summed E-state index contributed by atoms with van der Waals surface area (Å²) in [6.45, 7) is 3.43. The van der Waals surface area contributed by atoms with Gasteiger partial charge >= 0.3 is 5.97 Å². The van der Waals surface area contributed by atoms with Crippen molar-refractivity contribution in [2.24, 2.45) is 5.92 Å². The van der Waals surface area contributed by atoms with Gasteiger partial charge < -0.3 is 30.0 Å². The Morgan fingerprint density at radius 2 is 2.11 bits per heavy atom. The Kier molecular flexibility index (Phi) is 7.85. The molecule has 1 aromatic carbocycles. The third-order valence-electron chi connectivity index (χ3n) is 5.08. The SMILES string of the molecule is COC(=O)c1cc(Cl)c(N)c2c1OCC(C1CCN(CCCO)CC1)O2.Cl. The van der Waals surface area contributed by atoms with Crippen molar-refractivity contribution in [3.8, 4) is 11.5 Å². The number of rotatable bonds is 5. The number of likely N-dealkylation sites (tertiary alicyclic amines) is 1. The van der Waals surface area contributed by atoms with Crippen molar-refractivity contribution < 1.29 is 24.1 Å². The molecule has 0 aromatic heterocycles. The van der Waals surface area contributed by atoms with Gasteiger partial charge in [0.15, 0.2) is 11.5 Å². The predicted molar refractivity (Wildman–Crippen MR) is 105 cm³/mol. The summed E-state index contributed by atoms with van der Waals surface area (Å²) in [4.78, 5) is 14.3. The molecule has 27 heavy (non-hydrogen) atoms. The van der Waals surface area contributed by atoms with Crippen molar-refractivity contribution in [3.05, 3.63) is 16.7 Å². The molecule has 3 N–H and O–H groups in total. The smallest absolute Gasteiger partial charge is 0.341 e. The van der Waals surface area contributed by atoms with Gasteiger partial charge in [-0.05, 0) is 38.4 Å². The first-order chi connectivity index (χ1) is 12.5. The molecule has 1 saturated heterocycles. The van der Waals surface area contributed by atoms with Gasteiger partial charge in [-0.1, -0.05) is 11.6 Å². The van der Waals surface area contributed by atoms with Gasteiger partial charge in [-0.15, -0.1) is 12.4 Å². The fraction of sp³-hybridized carbons (Fsp3) is 0.611. The molecule has 0 saturated carbocycles. The molecule has 1 unspecified atom stereocenters. The van der Waals surface area contributed by atoms with E-state index in [2.05, 4.69) is 4.90 Å². The number of hydrogen-bond donors (Lipinski definition) is 2. The minimum absolute atomic E-state index is 0. The van der Waals surface area contributed by atoms with Crippen LogP contribution in [0.15, 0.2) is 6.07 Å². The standard InChI is InChI=1S/C18H25ClN2O5.ClH/c1-24-18(23)12-9-13(19)15(20)17-16(12)25-10-14(26-17)11-3-6-21(7-4-11)5-2-8-22;/h9,11,14,22H,2-8,10,20H2,1H3;1H. The number of aliphatic hydroxyl groups is 1. The molecule has 0 spiro atoms. The summed E-state index contributed by atoms with van der Waals surface area (Å²) < 4.78 is 16.8. The number of hydrogen-bond acceptors (Lipinski definition) is 7. The first-order valence-electron chi connectivity index (χ1n) is 8.88. The highest BCUT2D eigenvalue weighted by molar-refractivity contribution is 6.34. The molecule has 0 amide bonds. The second-order valence-corrected chi connectivity index (χ2v) is 7.10. The Labute approximate surface area is 170 Å². The summed E-state index contributed by atoms with van der Waals surface area (Å²) in [7, 11) is 1.30. The lowest BCUT2D eigenvalue weighted by Gasteiger charge is -2.38.